The largest absolute Gasteiger partial charge is 0.418 e. The van der Waals surface area contributed by atoms with Crippen LogP contribution in [0.5, 0.6) is 0 Å². The number of hydrogen-bond acceptors (Lipinski definition) is 3. The third-order valence-corrected chi connectivity index (χ3v) is 6.91. The van der Waals surface area contributed by atoms with E-state index in [4.69, 9.17) is 10.8 Å². The summed E-state index contributed by atoms with van der Waals surface area (Å²) in [6.45, 7) is 7.12. The molecule has 0 aromatic heterocycles. The second-order valence-corrected chi connectivity index (χ2v) is 12.5. The first-order chi connectivity index (χ1) is 15.2. The quantitative estimate of drug-likeness (QED) is 0.332. The van der Waals surface area contributed by atoms with Crippen molar-refractivity contribution in [2.45, 2.75) is 32.5 Å². The van der Waals surface area contributed by atoms with Crippen LogP contribution in [0.1, 0.15) is 13.3 Å². The van der Waals surface area contributed by atoms with E-state index >= 15 is 0 Å². The molecule has 32 heavy (non-hydrogen) atoms. The average molecular weight is 456 g/mol. The van der Waals surface area contributed by atoms with Crippen molar-refractivity contribution in [2.75, 3.05) is 19.4 Å². The van der Waals surface area contributed by atoms with Crippen LogP contribution in [-0.2, 0) is 14.4 Å². The Morgan fingerprint density at radius 2 is 1.19 bits per heavy atom. The molecule has 0 unspecified atom stereocenters. The van der Waals surface area contributed by atoms with Gasteiger partial charge in [-0.05, 0) is 79.8 Å². The summed E-state index contributed by atoms with van der Waals surface area (Å²) in [6, 6.07) is 3.39. The summed E-state index contributed by atoms with van der Waals surface area (Å²) in [7, 11) is -5.22. The van der Waals surface area contributed by atoms with Crippen LogP contribution < -0.4 is 0 Å². The van der Waals surface area contributed by atoms with Crippen LogP contribution in [0.25, 0.3) is 0 Å². The SMILES string of the molecule is C#CC#CC#CC#CC#CC#CC#CC#CC#CN(CCC[Si](C)(C)OCC)S(C)(=O)=O. The van der Waals surface area contributed by atoms with Gasteiger partial charge in [0.15, 0.2) is 8.32 Å². The van der Waals surface area contributed by atoms with Crippen molar-refractivity contribution >= 4 is 18.3 Å². The third kappa shape index (κ3) is 16.9. The molecule has 0 bridgehead atoms. The lowest BCUT2D eigenvalue weighted by Gasteiger charge is -2.23. The van der Waals surface area contributed by atoms with Crippen molar-refractivity contribution in [3.8, 4) is 107 Å². The van der Waals surface area contributed by atoms with Crippen LogP contribution >= 0.6 is 0 Å². The smallest absolute Gasteiger partial charge is 0.238 e. The zero-order valence-electron chi connectivity index (χ0n) is 18.5. The average Bonchev–Trinajstić information content (AvgIpc) is 2.71. The topological polar surface area (TPSA) is 46.6 Å². The van der Waals surface area contributed by atoms with Crippen LogP contribution in [0, 0.1) is 107 Å². The molecule has 0 heterocycles. The molecule has 0 saturated heterocycles. The van der Waals surface area contributed by atoms with Gasteiger partial charge in [0.2, 0.25) is 10.0 Å². The van der Waals surface area contributed by atoms with Gasteiger partial charge in [0.1, 0.15) is 0 Å². The van der Waals surface area contributed by atoms with E-state index in [0.717, 1.165) is 16.6 Å². The molecule has 0 fully saturated rings. The molecule has 6 heteroatoms. The van der Waals surface area contributed by atoms with Gasteiger partial charge in [-0.1, -0.05) is 0 Å². The maximum absolute atomic E-state index is 11.9. The van der Waals surface area contributed by atoms with Crippen molar-refractivity contribution in [1.82, 2.24) is 4.31 Å². The summed E-state index contributed by atoms with van der Waals surface area (Å²) < 4.78 is 30.6. The van der Waals surface area contributed by atoms with Gasteiger partial charge in [-0.15, -0.1) is 6.42 Å². The fourth-order valence-electron chi connectivity index (χ4n) is 1.95. The van der Waals surface area contributed by atoms with Crippen molar-refractivity contribution in [1.29, 1.82) is 0 Å². The molecule has 0 aliphatic rings. The minimum Gasteiger partial charge on any atom is -0.418 e. The number of sulfonamides is 1. The summed E-state index contributed by atoms with van der Waals surface area (Å²) in [6.07, 6.45) is 6.71. The van der Waals surface area contributed by atoms with Gasteiger partial charge in [-0.3, -0.25) is 0 Å². The lowest BCUT2D eigenvalue weighted by molar-refractivity contribution is 0.327. The second-order valence-electron chi connectivity index (χ2n) is 6.26. The molecule has 0 radical (unpaired) electrons. The third-order valence-electron chi connectivity index (χ3n) is 3.20. The molecule has 0 N–H and O–H groups in total. The first-order valence-electron chi connectivity index (χ1n) is 9.31. The highest BCUT2D eigenvalue weighted by Crippen LogP contribution is 2.14. The Morgan fingerprint density at radius 1 is 0.781 bits per heavy atom. The minimum absolute atomic E-state index is 0.291. The summed E-state index contributed by atoms with van der Waals surface area (Å²) in [5.41, 5.74) is 0. The summed E-state index contributed by atoms with van der Waals surface area (Å²) in [4.78, 5) is 0. The molecule has 158 valence electrons. The Hall–Kier alpha value is -4.03. The fourth-order valence-corrected chi connectivity index (χ4v) is 4.56. The zero-order valence-corrected chi connectivity index (χ0v) is 20.3. The number of terminal acetylenes is 1. The first kappa shape index (κ1) is 28.0. The van der Waals surface area contributed by atoms with Crippen molar-refractivity contribution in [3.05, 3.63) is 0 Å². The molecule has 0 aromatic rings. The van der Waals surface area contributed by atoms with E-state index in [0.29, 0.717) is 19.6 Å². The lowest BCUT2D eigenvalue weighted by atomic mass is 10.5. The molecular formula is C26H21NO3SSi. The predicted molar refractivity (Wildman–Crippen MR) is 131 cm³/mol. The summed E-state index contributed by atoms with van der Waals surface area (Å²) >= 11 is 0. The Morgan fingerprint density at radius 3 is 1.56 bits per heavy atom. The van der Waals surface area contributed by atoms with Gasteiger partial charge in [0.05, 0.1) is 6.26 Å². The first-order valence-corrected chi connectivity index (χ1v) is 14.3. The molecule has 0 saturated carbocycles. The molecule has 0 aliphatic heterocycles. The van der Waals surface area contributed by atoms with Gasteiger partial charge in [-0.25, -0.2) is 12.7 Å². The highest BCUT2D eigenvalue weighted by atomic mass is 32.2. The normalized spacial score (nSPS) is 8.09. The van der Waals surface area contributed by atoms with E-state index in [1.54, 1.807) is 0 Å². The molecular weight excluding hydrogens is 434 g/mol. The van der Waals surface area contributed by atoms with Crippen molar-refractivity contribution in [2.24, 2.45) is 0 Å². The molecule has 0 rings (SSSR count). The Kier molecular flexibility index (Phi) is 14.6. The van der Waals surface area contributed by atoms with Crippen LogP contribution in [0.2, 0.25) is 19.1 Å². The van der Waals surface area contributed by atoms with Gasteiger partial charge in [0, 0.05) is 66.6 Å². The van der Waals surface area contributed by atoms with E-state index in [1.807, 2.05) is 6.92 Å². The zero-order chi connectivity index (χ0) is 24.1. The van der Waals surface area contributed by atoms with E-state index in [-0.39, 0.29) is 0 Å². The van der Waals surface area contributed by atoms with Gasteiger partial charge >= 0.3 is 0 Å². The number of rotatable bonds is 7. The van der Waals surface area contributed by atoms with Crippen molar-refractivity contribution < 1.29 is 12.8 Å². The van der Waals surface area contributed by atoms with E-state index in [2.05, 4.69) is 114 Å². The highest BCUT2D eigenvalue weighted by Gasteiger charge is 2.22. The van der Waals surface area contributed by atoms with E-state index in [9.17, 15) is 8.42 Å². The summed E-state index contributed by atoms with van der Waals surface area (Å²) in [5.74, 6) is 39.0. The van der Waals surface area contributed by atoms with Crippen molar-refractivity contribution in [3.63, 3.8) is 0 Å². The van der Waals surface area contributed by atoms with Crippen LogP contribution in [0.4, 0.5) is 0 Å². The summed E-state index contributed by atoms with van der Waals surface area (Å²) in [5, 5.41) is 0. The molecule has 0 spiro atoms. The van der Waals surface area contributed by atoms with E-state index in [1.165, 1.54) is 0 Å². The van der Waals surface area contributed by atoms with Crippen LogP contribution in [-0.4, -0.2) is 40.4 Å². The monoisotopic (exact) mass is 455 g/mol. The highest BCUT2D eigenvalue weighted by molar-refractivity contribution is 7.88. The van der Waals surface area contributed by atoms with Crippen LogP contribution in [0.3, 0.4) is 0 Å². The molecule has 0 aromatic carbocycles. The maximum atomic E-state index is 11.9. The number of nitrogens with zero attached hydrogens (tertiary/aromatic N) is 1. The molecule has 0 amide bonds. The Balaban J connectivity index is 4.81. The van der Waals surface area contributed by atoms with Gasteiger partial charge in [0.25, 0.3) is 0 Å². The fraction of sp³-hybridized carbons (Fsp3) is 0.308. The lowest BCUT2D eigenvalue weighted by Crippen LogP contribution is -2.32. The number of hydrogen-bond donors (Lipinski definition) is 0. The Bertz CT molecular complexity index is 1320. The van der Waals surface area contributed by atoms with Gasteiger partial charge in [-0.2, -0.15) is 0 Å². The molecule has 4 nitrogen and oxygen atoms in total. The maximum Gasteiger partial charge on any atom is 0.238 e. The standard InChI is InChI=1S/C26H21NO3SSi/c1-6-8-9-10-11-12-13-14-15-16-17-18-19-20-21-22-24-27(31(3,28)29)25-23-26-32(4,5)30-7-2/h1H,7,23,25-26H2,2-5H3. The Labute approximate surface area is 194 Å². The minimum atomic E-state index is -3.46. The molecule has 0 atom stereocenters. The molecule has 0 aliphatic carbocycles. The van der Waals surface area contributed by atoms with Gasteiger partial charge < -0.3 is 4.43 Å². The predicted octanol–water partition coefficient (Wildman–Crippen LogP) is 1.50. The second kappa shape index (κ2) is 16.7. The van der Waals surface area contributed by atoms with E-state index < -0.39 is 18.3 Å². The van der Waals surface area contributed by atoms with Crippen LogP contribution in [0.15, 0.2) is 0 Å².